The van der Waals surface area contributed by atoms with E-state index in [9.17, 15) is 4.79 Å². The molecular formula is C22H17ClN4OS3. The van der Waals surface area contributed by atoms with Gasteiger partial charge in [0.1, 0.15) is 0 Å². The Hall–Kier alpha value is -2.39. The number of carbonyl (C=O) groups excluding carboxylic acids is 1. The van der Waals surface area contributed by atoms with Crippen LogP contribution in [0.1, 0.15) is 11.1 Å². The Morgan fingerprint density at radius 2 is 1.74 bits per heavy atom. The molecule has 0 bridgehead atoms. The molecule has 0 radical (unpaired) electrons. The topological polar surface area (TPSA) is 67.2 Å². The van der Waals surface area contributed by atoms with Gasteiger partial charge in [-0.15, -0.1) is 10.2 Å². The number of fused-ring (bicyclic) bond motifs is 1. The zero-order valence-electron chi connectivity index (χ0n) is 16.2. The van der Waals surface area contributed by atoms with Crippen molar-refractivity contribution >= 4 is 69.4 Å². The lowest BCUT2D eigenvalue weighted by molar-refractivity contribution is -0.118. The van der Waals surface area contributed by atoms with E-state index in [-0.39, 0.29) is 11.7 Å². The number of thioether (sulfide) groups is 2. The van der Waals surface area contributed by atoms with Crippen molar-refractivity contribution < 1.29 is 4.79 Å². The molecule has 0 fully saturated rings. The lowest BCUT2D eigenvalue weighted by Crippen LogP contribution is -2.19. The average molecular weight is 485 g/mol. The summed E-state index contributed by atoms with van der Waals surface area (Å²) in [6.07, 6.45) is 1.53. The molecule has 0 spiro atoms. The molecule has 0 atom stereocenters. The van der Waals surface area contributed by atoms with E-state index >= 15 is 0 Å². The van der Waals surface area contributed by atoms with Gasteiger partial charge in [0.15, 0.2) is 8.68 Å². The molecule has 9 heteroatoms. The Bertz CT molecular complexity index is 1220. The van der Waals surface area contributed by atoms with Gasteiger partial charge in [0.05, 0.1) is 12.0 Å². The quantitative estimate of drug-likeness (QED) is 0.192. The summed E-state index contributed by atoms with van der Waals surface area (Å²) in [7, 11) is 0. The number of hydrogen-bond donors (Lipinski definition) is 1. The van der Waals surface area contributed by atoms with Crippen LogP contribution in [-0.2, 0) is 10.5 Å². The maximum atomic E-state index is 12.0. The van der Waals surface area contributed by atoms with Crippen LogP contribution in [0.2, 0.25) is 5.02 Å². The molecule has 31 heavy (non-hydrogen) atoms. The number of carbonyl (C=O) groups is 1. The fourth-order valence-electron chi connectivity index (χ4n) is 2.78. The van der Waals surface area contributed by atoms with E-state index in [1.165, 1.54) is 45.6 Å². The Balaban J connectivity index is 1.26. The Kier molecular flexibility index (Phi) is 7.58. The van der Waals surface area contributed by atoms with Gasteiger partial charge in [0, 0.05) is 16.3 Å². The molecule has 0 aliphatic carbocycles. The van der Waals surface area contributed by atoms with E-state index in [1.807, 2.05) is 24.3 Å². The minimum Gasteiger partial charge on any atom is -0.272 e. The van der Waals surface area contributed by atoms with Gasteiger partial charge in [0.2, 0.25) is 0 Å². The third-order valence-electron chi connectivity index (χ3n) is 4.24. The highest BCUT2D eigenvalue weighted by Crippen LogP contribution is 2.32. The molecule has 0 aliphatic heterocycles. The molecule has 5 nitrogen and oxygen atoms in total. The largest absolute Gasteiger partial charge is 0.272 e. The normalized spacial score (nSPS) is 11.3. The van der Waals surface area contributed by atoms with Crippen molar-refractivity contribution in [3.63, 3.8) is 0 Å². The SMILES string of the molecule is O=C(CSc1nnc(SCc2cccc3ccccc23)s1)N/N=C\c1ccccc1Cl. The van der Waals surface area contributed by atoms with Crippen molar-refractivity contribution in [3.05, 3.63) is 82.9 Å². The smallest absolute Gasteiger partial charge is 0.250 e. The molecule has 4 rings (SSSR count). The molecule has 1 heterocycles. The summed E-state index contributed by atoms with van der Waals surface area (Å²) in [6, 6.07) is 22.0. The lowest BCUT2D eigenvalue weighted by atomic mass is 10.1. The molecule has 0 saturated heterocycles. The molecule has 0 unspecified atom stereocenters. The first-order valence-corrected chi connectivity index (χ1v) is 12.5. The van der Waals surface area contributed by atoms with Crippen molar-refractivity contribution in [2.45, 2.75) is 14.4 Å². The van der Waals surface area contributed by atoms with Gasteiger partial charge in [-0.1, -0.05) is 107 Å². The van der Waals surface area contributed by atoms with Crippen molar-refractivity contribution in [1.82, 2.24) is 15.6 Å². The Morgan fingerprint density at radius 3 is 2.61 bits per heavy atom. The average Bonchev–Trinajstić information content (AvgIpc) is 3.25. The van der Waals surface area contributed by atoms with E-state index in [1.54, 1.807) is 17.8 Å². The summed E-state index contributed by atoms with van der Waals surface area (Å²) >= 11 is 10.5. The maximum absolute atomic E-state index is 12.0. The van der Waals surface area contributed by atoms with E-state index in [0.717, 1.165) is 20.0 Å². The second kappa shape index (κ2) is 10.8. The molecule has 1 aromatic heterocycles. The molecule has 1 N–H and O–H groups in total. The maximum Gasteiger partial charge on any atom is 0.250 e. The predicted octanol–water partition coefficient (Wildman–Crippen LogP) is 5.88. The Labute approximate surface area is 197 Å². The monoisotopic (exact) mass is 484 g/mol. The van der Waals surface area contributed by atoms with Crippen molar-refractivity contribution in [2.75, 3.05) is 5.75 Å². The van der Waals surface area contributed by atoms with Crippen molar-refractivity contribution in [2.24, 2.45) is 5.10 Å². The van der Waals surface area contributed by atoms with Gasteiger partial charge in [-0.3, -0.25) is 4.79 Å². The van der Waals surface area contributed by atoms with Crippen LogP contribution in [0, 0.1) is 0 Å². The van der Waals surface area contributed by atoms with Crippen LogP contribution in [0.3, 0.4) is 0 Å². The standard InChI is InChI=1S/C22H17ClN4OS3/c23-19-11-4-2-7-16(19)12-24-25-20(28)14-30-22-27-26-21(31-22)29-13-17-9-5-8-15-6-1-3-10-18(15)17/h1-12H,13-14H2,(H,25,28)/b24-12-. The van der Waals surface area contributed by atoms with E-state index < -0.39 is 0 Å². The highest BCUT2D eigenvalue weighted by atomic mass is 35.5. The molecule has 4 aromatic rings. The van der Waals surface area contributed by atoms with Crippen LogP contribution in [0.25, 0.3) is 10.8 Å². The minimum absolute atomic E-state index is 0.211. The fraction of sp³-hybridized carbons (Fsp3) is 0.0909. The van der Waals surface area contributed by atoms with Crippen LogP contribution in [0.4, 0.5) is 0 Å². The van der Waals surface area contributed by atoms with Crippen LogP contribution in [-0.4, -0.2) is 28.1 Å². The third-order valence-corrected chi connectivity index (χ3v) is 7.83. The summed E-state index contributed by atoms with van der Waals surface area (Å²) in [5, 5.41) is 15.4. The highest BCUT2D eigenvalue weighted by molar-refractivity contribution is 8.03. The van der Waals surface area contributed by atoms with Gasteiger partial charge in [-0.2, -0.15) is 5.10 Å². The summed E-state index contributed by atoms with van der Waals surface area (Å²) in [5.74, 6) is 0.814. The summed E-state index contributed by atoms with van der Waals surface area (Å²) in [6.45, 7) is 0. The highest BCUT2D eigenvalue weighted by Gasteiger charge is 2.09. The molecule has 1 amide bonds. The molecule has 3 aromatic carbocycles. The van der Waals surface area contributed by atoms with Crippen molar-refractivity contribution in [1.29, 1.82) is 0 Å². The lowest BCUT2D eigenvalue weighted by Gasteiger charge is -2.04. The number of amides is 1. The second-order valence-corrected chi connectivity index (χ2v) is 10.2. The number of benzene rings is 3. The number of halogens is 1. The summed E-state index contributed by atoms with van der Waals surface area (Å²) < 4.78 is 1.64. The zero-order chi connectivity index (χ0) is 21.5. The van der Waals surface area contributed by atoms with Gasteiger partial charge in [-0.25, -0.2) is 5.43 Å². The Morgan fingerprint density at radius 1 is 1.00 bits per heavy atom. The van der Waals surface area contributed by atoms with E-state index in [2.05, 4.69) is 57.1 Å². The van der Waals surface area contributed by atoms with E-state index in [0.29, 0.717) is 5.02 Å². The number of hydrogen-bond acceptors (Lipinski definition) is 7. The first-order chi connectivity index (χ1) is 15.2. The minimum atomic E-state index is -0.214. The van der Waals surface area contributed by atoms with Gasteiger partial charge in [0.25, 0.3) is 5.91 Å². The summed E-state index contributed by atoms with van der Waals surface area (Å²) in [5.41, 5.74) is 4.51. The van der Waals surface area contributed by atoms with Crippen molar-refractivity contribution in [3.8, 4) is 0 Å². The zero-order valence-corrected chi connectivity index (χ0v) is 19.4. The van der Waals surface area contributed by atoms with Gasteiger partial charge in [-0.05, 0) is 22.4 Å². The number of nitrogens with one attached hydrogen (secondary N) is 1. The molecule has 156 valence electrons. The number of rotatable bonds is 8. The first kappa shape index (κ1) is 21.8. The van der Waals surface area contributed by atoms with Crippen LogP contribution in [0.5, 0.6) is 0 Å². The molecule has 0 saturated carbocycles. The van der Waals surface area contributed by atoms with Crippen LogP contribution >= 0.6 is 46.5 Å². The number of nitrogens with zero attached hydrogens (tertiary/aromatic N) is 3. The summed E-state index contributed by atoms with van der Waals surface area (Å²) in [4.78, 5) is 12.0. The fourth-order valence-corrected chi connectivity index (χ4v) is 5.79. The predicted molar refractivity (Wildman–Crippen MR) is 131 cm³/mol. The number of aromatic nitrogens is 2. The van der Waals surface area contributed by atoms with Gasteiger partial charge < -0.3 is 0 Å². The van der Waals surface area contributed by atoms with Crippen LogP contribution in [0.15, 0.2) is 80.5 Å². The third kappa shape index (κ3) is 6.07. The number of hydrazone groups is 1. The molecular weight excluding hydrogens is 468 g/mol. The first-order valence-electron chi connectivity index (χ1n) is 9.31. The van der Waals surface area contributed by atoms with Crippen LogP contribution < -0.4 is 5.43 Å². The second-order valence-electron chi connectivity index (χ2n) is 6.36. The molecule has 0 aliphatic rings. The van der Waals surface area contributed by atoms with Gasteiger partial charge >= 0.3 is 0 Å². The van der Waals surface area contributed by atoms with E-state index in [4.69, 9.17) is 11.6 Å².